The SMILES string of the molecule is CN(Cc1cn[nH]c1)C(=O)CC(F)(F)F. The second-order valence-corrected chi connectivity index (χ2v) is 3.15. The van der Waals surface area contributed by atoms with Gasteiger partial charge >= 0.3 is 6.18 Å². The van der Waals surface area contributed by atoms with E-state index in [0.717, 1.165) is 4.90 Å². The summed E-state index contributed by atoms with van der Waals surface area (Å²) in [5.74, 6) is -0.955. The van der Waals surface area contributed by atoms with E-state index in [-0.39, 0.29) is 6.54 Å². The van der Waals surface area contributed by atoms with Crippen LogP contribution in [0.1, 0.15) is 12.0 Å². The zero-order valence-electron chi connectivity index (χ0n) is 8.01. The van der Waals surface area contributed by atoms with Gasteiger partial charge in [0.05, 0.1) is 6.20 Å². The monoisotopic (exact) mass is 221 g/mol. The molecule has 0 bridgehead atoms. The van der Waals surface area contributed by atoms with Crippen LogP contribution < -0.4 is 0 Å². The highest BCUT2D eigenvalue weighted by molar-refractivity contribution is 5.76. The molecule has 1 rings (SSSR count). The second-order valence-electron chi connectivity index (χ2n) is 3.15. The van der Waals surface area contributed by atoms with Gasteiger partial charge in [0.2, 0.25) is 5.91 Å². The van der Waals surface area contributed by atoms with Crippen molar-refractivity contribution in [3.8, 4) is 0 Å². The van der Waals surface area contributed by atoms with Gasteiger partial charge in [-0.1, -0.05) is 0 Å². The molecule has 0 saturated heterocycles. The minimum atomic E-state index is -4.46. The fourth-order valence-electron chi connectivity index (χ4n) is 1.03. The largest absolute Gasteiger partial charge is 0.397 e. The Balaban J connectivity index is 2.47. The zero-order valence-corrected chi connectivity index (χ0v) is 8.01. The number of hydrogen-bond donors (Lipinski definition) is 1. The van der Waals surface area contributed by atoms with Crippen molar-refractivity contribution in [2.24, 2.45) is 0 Å². The van der Waals surface area contributed by atoms with E-state index >= 15 is 0 Å². The van der Waals surface area contributed by atoms with E-state index < -0.39 is 18.5 Å². The Morgan fingerprint density at radius 3 is 2.73 bits per heavy atom. The quantitative estimate of drug-likeness (QED) is 0.836. The number of alkyl halides is 3. The first kappa shape index (κ1) is 11.5. The number of aromatic nitrogens is 2. The number of halogens is 3. The Bertz CT molecular complexity index is 320. The lowest BCUT2D eigenvalue weighted by Crippen LogP contribution is -2.30. The molecule has 0 aromatic carbocycles. The highest BCUT2D eigenvalue weighted by Gasteiger charge is 2.32. The number of hydrogen-bond acceptors (Lipinski definition) is 2. The van der Waals surface area contributed by atoms with Gasteiger partial charge in [0.1, 0.15) is 6.42 Å². The van der Waals surface area contributed by atoms with E-state index in [9.17, 15) is 18.0 Å². The van der Waals surface area contributed by atoms with Gasteiger partial charge in [-0.2, -0.15) is 18.3 Å². The predicted molar refractivity (Wildman–Crippen MR) is 45.7 cm³/mol. The van der Waals surface area contributed by atoms with Gasteiger partial charge in [0.25, 0.3) is 0 Å². The Morgan fingerprint density at radius 1 is 1.60 bits per heavy atom. The molecule has 1 heterocycles. The maximum absolute atomic E-state index is 11.9. The van der Waals surface area contributed by atoms with E-state index in [1.165, 1.54) is 19.4 Å². The average molecular weight is 221 g/mol. The molecule has 0 spiro atoms. The van der Waals surface area contributed by atoms with Crippen LogP contribution in [-0.2, 0) is 11.3 Å². The van der Waals surface area contributed by atoms with Crippen molar-refractivity contribution < 1.29 is 18.0 Å². The number of aromatic amines is 1. The molecule has 0 atom stereocenters. The maximum atomic E-state index is 11.9. The van der Waals surface area contributed by atoms with Crippen LogP contribution in [0.2, 0.25) is 0 Å². The molecule has 0 unspecified atom stereocenters. The summed E-state index contributed by atoms with van der Waals surface area (Å²) in [5.41, 5.74) is 0.660. The van der Waals surface area contributed by atoms with E-state index in [1.807, 2.05) is 0 Å². The van der Waals surface area contributed by atoms with Crippen LogP contribution in [0.5, 0.6) is 0 Å². The van der Waals surface area contributed by atoms with Gasteiger partial charge in [-0.05, 0) is 0 Å². The number of rotatable bonds is 3. The van der Waals surface area contributed by atoms with E-state index in [4.69, 9.17) is 0 Å². The van der Waals surface area contributed by atoms with Gasteiger partial charge < -0.3 is 4.90 Å². The first-order valence-electron chi connectivity index (χ1n) is 4.17. The molecule has 1 aromatic heterocycles. The molecule has 1 N–H and O–H groups in total. The second kappa shape index (κ2) is 4.33. The maximum Gasteiger partial charge on any atom is 0.397 e. The van der Waals surface area contributed by atoms with Gasteiger partial charge in [0, 0.05) is 25.4 Å². The van der Waals surface area contributed by atoms with Crippen molar-refractivity contribution in [2.75, 3.05) is 7.05 Å². The van der Waals surface area contributed by atoms with Gasteiger partial charge in [0.15, 0.2) is 0 Å². The van der Waals surface area contributed by atoms with E-state index in [0.29, 0.717) is 5.56 Å². The van der Waals surface area contributed by atoms with Crippen LogP contribution in [0.3, 0.4) is 0 Å². The highest BCUT2D eigenvalue weighted by Crippen LogP contribution is 2.20. The number of nitrogens with zero attached hydrogens (tertiary/aromatic N) is 2. The first-order valence-corrected chi connectivity index (χ1v) is 4.17. The minimum absolute atomic E-state index is 0.116. The lowest BCUT2D eigenvalue weighted by Gasteiger charge is -2.17. The summed E-state index contributed by atoms with van der Waals surface area (Å²) < 4.78 is 35.6. The fraction of sp³-hybridized carbons (Fsp3) is 0.500. The summed E-state index contributed by atoms with van der Waals surface area (Å²) in [6.07, 6.45) is -2.90. The van der Waals surface area contributed by atoms with Crippen molar-refractivity contribution in [3.63, 3.8) is 0 Å². The molecule has 0 radical (unpaired) electrons. The third-order valence-corrected chi connectivity index (χ3v) is 1.75. The van der Waals surface area contributed by atoms with Gasteiger partial charge in [-0.25, -0.2) is 0 Å². The molecule has 0 aliphatic heterocycles. The third kappa shape index (κ3) is 4.01. The molecule has 1 aromatic rings. The summed E-state index contributed by atoms with van der Waals surface area (Å²) in [5, 5.41) is 6.14. The number of nitrogens with one attached hydrogen (secondary N) is 1. The molecule has 0 aliphatic rings. The molecular weight excluding hydrogens is 211 g/mol. The van der Waals surface area contributed by atoms with Crippen LogP contribution >= 0.6 is 0 Å². The standard InChI is InChI=1S/C8H10F3N3O/c1-14(5-6-3-12-13-4-6)7(15)2-8(9,10)11/h3-4H,2,5H2,1H3,(H,12,13). The normalized spacial score (nSPS) is 11.5. The molecular formula is C8H10F3N3O. The Kier molecular flexibility index (Phi) is 3.33. The van der Waals surface area contributed by atoms with E-state index in [2.05, 4.69) is 10.2 Å². The van der Waals surface area contributed by atoms with Crippen LogP contribution in [0, 0.1) is 0 Å². The smallest absolute Gasteiger partial charge is 0.341 e. The lowest BCUT2D eigenvalue weighted by molar-refractivity contribution is -0.160. The molecule has 1 amide bonds. The molecule has 4 nitrogen and oxygen atoms in total. The summed E-state index contributed by atoms with van der Waals surface area (Å²) >= 11 is 0. The average Bonchev–Trinajstić information content (AvgIpc) is 2.53. The molecule has 0 aliphatic carbocycles. The number of carbonyl (C=O) groups excluding carboxylic acids is 1. The summed E-state index contributed by atoms with van der Waals surface area (Å²) in [6.45, 7) is 0.116. The zero-order chi connectivity index (χ0) is 11.5. The number of amides is 1. The van der Waals surface area contributed by atoms with Crippen LogP contribution in [0.25, 0.3) is 0 Å². The van der Waals surface area contributed by atoms with Crippen LogP contribution in [0.15, 0.2) is 12.4 Å². The Hall–Kier alpha value is -1.53. The van der Waals surface area contributed by atoms with Crippen LogP contribution in [0.4, 0.5) is 13.2 Å². The molecule has 0 fully saturated rings. The van der Waals surface area contributed by atoms with Gasteiger partial charge in [-0.15, -0.1) is 0 Å². The third-order valence-electron chi connectivity index (χ3n) is 1.75. The Morgan fingerprint density at radius 2 is 2.27 bits per heavy atom. The molecule has 84 valence electrons. The van der Waals surface area contributed by atoms with Crippen molar-refractivity contribution >= 4 is 5.91 Å². The lowest BCUT2D eigenvalue weighted by atomic mass is 10.3. The van der Waals surface area contributed by atoms with Gasteiger partial charge in [-0.3, -0.25) is 9.89 Å². The van der Waals surface area contributed by atoms with Crippen LogP contribution in [-0.4, -0.2) is 34.2 Å². The minimum Gasteiger partial charge on any atom is -0.341 e. The predicted octanol–water partition coefficient (Wildman–Crippen LogP) is 1.32. The molecule has 15 heavy (non-hydrogen) atoms. The Labute approximate surface area is 84.1 Å². The number of carbonyl (C=O) groups is 1. The van der Waals surface area contributed by atoms with Crippen molar-refractivity contribution in [3.05, 3.63) is 18.0 Å². The van der Waals surface area contributed by atoms with Crippen molar-refractivity contribution in [2.45, 2.75) is 19.1 Å². The highest BCUT2D eigenvalue weighted by atomic mass is 19.4. The van der Waals surface area contributed by atoms with E-state index in [1.54, 1.807) is 0 Å². The molecule has 7 heteroatoms. The van der Waals surface area contributed by atoms with Crippen molar-refractivity contribution in [1.29, 1.82) is 0 Å². The first-order chi connectivity index (χ1) is 6.88. The van der Waals surface area contributed by atoms with Crippen molar-refractivity contribution in [1.82, 2.24) is 15.1 Å². The topological polar surface area (TPSA) is 49.0 Å². The molecule has 0 saturated carbocycles. The summed E-state index contributed by atoms with van der Waals surface area (Å²) in [7, 11) is 1.32. The fourth-order valence-corrected chi connectivity index (χ4v) is 1.03. The summed E-state index contributed by atoms with van der Waals surface area (Å²) in [6, 6.07) is 0. The number of H-pyrrole nitrogens is 1. The summed E-state index contributed by atoms with van der Waals surface area (Å²) in [4.78, 5) is 12.1.